The molecule has 0 bridgehead atoms. The molecule has 196 valence electrons. The molecule has 1 nitrogen and oxygen atoms in total. The third-order valence-corrected chi connectivity index (χ3v) is 10.2. The van der Waals surface area contributed by atoms with Gasteiger partial charge in [0.1, 0.15) is 0 Å². The van der Waals surface area contributed by atoms with Gasteiger partial charge in [-0.05, 0) is 85.6 Å². The summed E-state index contributed by atoms with van der Waals surface area (Å²) in [4.78, 5) is 0. The van der Waals surface area contributed by atoms with E-state index in [1.54, 1.807) is 0 Å². The normalized spacial score (nSPS) is 15.7. The Bertz CT molecular complexity index is 2260. The summed E-state index contributed by atoms with van der Waals surface area (Å²) >= 11 is 0. The van der Waals surface area contributed by atoms with Crippen molar-refractivity contribution in [2.24, 2.45) is 0 Å². The maximum absolute atomic E-state index is 2.50. The van der Waals surface area contributed by atoms with Gasteiger partial charge in [-0.15, -0.1) is 0 Å². The van der Waals surface area contributed by atoms with Crippen LogP contribution in [0.2, 0.25) is 0 Å². The van der Waals surface area contributed by atoms with E-state index in [0.717, 1.165) is 0 Å². The second kappa shape index (κ2) is 7.56. The third kappa shape index (κ3) is 2.81. The van der Waals surface area contributed by atoms with Crippen LogP contribution in [0.3, 0.4) is 0 Å². The highest BCUT2D eigenvalue weighted by atomic mass is 15.0. The van der Waals surface area contributed by atoms with E-state index in [1.807, 2.05) is 0 Å². The number of fused-ring (bicyclic) bond motifs is 11. The van der Waals surface area contributed by atoms with E-state index >= 15 is 0 Å². The van der Waals surface area contributed by atoms with E-state index in [4.69, 9.17) is 0 Å². The van der Waals surface area contributed by atoms with Crippen LogP contribution in [0.25, 0.3) is 60.5 Å². The highest BCUT2D eigenvalue weighted by Crippen LogP contribution is 2.53. The lowest BCUT2D eigenvalue weighted by molar-refractivity contribution is 0.661. The largest absolute Gasteiger partial charge is 0.309 e. The van der Waals surface area contributed by atoms with Gasteiger partial charge in [0.2, 0.25) is 0 Å². The van der Waals surface area contributed by atoms with E-state index in [0.29, 0.717) is 0 Å². The summed E-state index contributed by atoms with van der Waals surface area (Å²) in [5.74, 6) is 0. The Morgan fingerprint density at radius 1 is 0.439 bits per heavy atom. The van der Waals surface area contributed by atoms with Crippen molar-refractivity contribution in [3.63, 3.8) is 0 Å². The van der Waals surface area contributed by atoms with E-state index in [-0.39, 0.29) is 10.8 Å². The number of rotatable bonds is 1. The predicted molar refractivity (Wildman–Crippen MR) is 173 cm³/mol. The molecule has 0 saturated heterocycles. The molecular weight excluding hydrogens is 494 g/mol. The topological polar surface area (TPSA) is 4.93 Å². The van der Waals surface area contributed by atoms with Gasteiger partial charge in [-0.25, -0.2) is 0 Å². The van der Waals surface area contributed by atoms with Crippen molar-refractivity contribution >= 4 is 32.6 Å². The number of benzene rings is 6. The fraction of sp³-hybridized carbons (Fsp3) is 0.150. The van der Waals surface area contributed by atoms with Crippen LogP contribution in [-0.4, -0.2) is 4.57 Å². The number of aromatic nitrogens is 1. The van der Waals surface area contributed by atoms with Crippen LogP contribution in [0.15, 0.2) is 115 Å². The summed E-state index contributed by atoms with van der Waals surface area (Å²) in [6.45, 7) is 9.53. The van der Waals surface area contributed by atoms with Gasteiger partial charge in [0.15, 0.2) is 0 Å². The zero-order valence-electron chi connectivity index (χ0n) is 23.9. The van der Waals surface area contributed by atoms with E-state index in [1.165, 1.54) is 82.8 Å². The Morgan fingerprint density at radius 3 is 2.00 bits per heavy atom. The Kier molecular flexibility index (Phi) is 4.26. The van der Waals surface area contributed by atoms with Gasteiger partial charge in [-0.2, -0.15) is 0 Å². The maximum Gasteiger partial charge on any atom is 0.0544 e. The van der Waals surface area contributed by atoms with Crippen molar-refractivity contribution in [1.82, 2.24) is 4.57 Å². The molecule has 0 fully saturated rings. The highest BCUT2D eigenvalue weighted by Gasteiger charge is 2.38. The number of nitrogens with zero attached hydrogens (tertiary/aromatic N) is 1. The van der Waals surface area contributed by atoms with E-state index < -0.39 is 0 Å². The van der Waals surface area contributed by atoms with Gasteiger partial charge in [0.05, 0.1) is 11.0 Å². The molecule has 0 amide bonds. The molecule has 0 atom stereocenters. The first-order valence-electron chi connectivity index (χ1n) is 14.7. The van der Waals surface area contributed by atoms with Gasteiger partial charge in [0.25, 0.3) is 0 Å². The number of hydrogen-bond donors (Lipinski definition) is 0. The average molecular weight is 526 g/mol. The number of para-hydroxylation sites is 1. The van der Waals surface area contributed by atoms with Crippen LogP contribution >= 0.6 is 0 Å². The molecule has 0 N–H and O–H groups in total. The smallest absolute Gasteiger partial charge is 0.0544 e. The lowest BCUT2D eigenvalue weighted by Crippen LogP contribution is -2.16. The van der Waals surface area contributed by atoms with Crippen molar-refractivity contribution in [3.8, 4) is 27.9 Å². The quantitative estimate of drug-likeness (QED) is 0.201. The van der Waals surface area contributed by atoms with Crippen LogP contribution in [0, 0.1) is 0 Å². The van der Waals surface area contributed by atoms with E-state index in [9.17, 15) is 0 Å². The van der Waals surface area contributed by atoms with E-state index in [2.05, 4.69) is 148 Å². The molecule has 0 spiro atoms. The molecule has 6 aromatic carbocycles. The zero-order chi connectivity index (χ0) is 27.7. The molecule has 7 aromatic rings. The monoisotopic (exact) mass is 525 g/mol. The molecule has 0 saturated carbocycles. The standard InChI is InChI=1S/C40H31N/c1-39(2)33-15-9-7-13-27(33)31-22-32-29-14-8-10-16-36(29)41(37(32)23-35(31)39)25-18-20-28-30-19-17-24-11-5-6-12-26(24)38(30)40(3,4)34(28)21-25/h5-23H,1-4H3. The van der Waals surface area contributed by atoms with Crippen molar-refractivity contribution in [3.05, 3.63) is 138 Å². The maximum atomic E-state index is 2.50. The minimum absolute atomic E-state index is 0.0377. The summed E-state index contributed by atoms with van der Waals surface area (Å²) < 4.78 is 2.50. The zero-order valence-corrected chi connectivity index (χ0v) is 23.9. The Hall–Kier alpha value is -4.62. The molecule has 9 rings (SSSR count). The third-order valence-electron chi connectivity index (χ3n) is 10.2. The van der Waals surface area contributed by atoms with Gasteiger partial charge in [-0.3, -0.25) is 0 Å². The first-order valence-corrected chi connectivity index (χ1v) is 14.7. The first kappa shape index (κ1) is 23.1. The van der Waals surface area contributed by atoms with Crippen molar-refractivity contribution < 1.29 is 0 Å². The van der Waals surface area contributed by atoms with Crippen molar-refractivity contribution in [2.45, 2.75) is 38.5 Å². The van der Waals surface area contributed by atoms with Crippen molar-refractivity contribution in [1.29, 1.82) is 0 Å². The fourth-order valence-corrected chi connectivity index (χ4v) is 8.17. The molecule has 0 radical (unpaired) electrons. The Morgan fingerprint density at radius 2 is 1.12 bits per heavy atom. The molecule has 41 heavy (non-hydrogen) atoms. The summed E-state index contributed by atoms with van der Waals surface area (Å²) in [5.41, 5.74) is 14.8. The lowest BCUT2D eigenvalue weighted by Gasteiger charge is -2.24. The molecule has 1 heteroatoms. The van der Waals surface area contributed by atoms with Crippen LogP contribution in [0.5, 0.6) is 0 Å². The minimum Gasteiger partial charge on any atom is -0.309 e. The van der Waals surface area contributed by atoms with Gasteiger partial charge in [0, 0.05) is 27.3 Å². The van der Waals surface area contributed by atoms with Crippen molar-refractivity contribution in [2.75, 3.05) is 0 Å². The fourth-order valence-electron chi connectivity index (χ4n) is 8.17. The predicted octanol–water partition coefficient (Wildman–Crippen LogP) is 10.5. The average Bonchev–Trinajstić information content (AvgIpc) is 3.53. The summed E-state index contributed by atoms with van der Waals surface area (Å²) in [5, 5.41) is 5.30. The van der Waals surface area contributed by atoms with Gasteiger partial charge in [-0.1, -0.05) is 113 Å². The van der Waals surface area contributed by atoms with Gasteiger partial charge < -0.3 is 4.57 Å². The lowest BCUT2D eigenvalue weighted by atomic mass is 9.80. The second-order valence-electron chi connectivity index (χ2n) is 13.0. The summed E-state index contributed by atoms with van der Waals surface area (Å²) in [6.07, 6.45) is 0. The van der Waals surface area contributed by atoms with Crippen LogP contribution in [0.4, 0.5) is 0 Å². The molecule has 2 aliphatic carbocycles. The molecule has 2 aliphatic rings. The van der Waals surface area contributed by atoms with Gasteiger partial charge >= 0.3 is 0 Å². The van der Waals surface area contributed by atoms with Crippen LogP contribution < -0.4 is 0 Å². The SMILES string of the molecule is CC1(C)c2ccccc2-c2cc3c4ccccc4n(-c4ccc5c(c4)C(C)(C)c4c-5ccc5ccccc45)c3cc21. The van der Waals surface area contributed by atoms with Crippen LogP contribution in [-0.2, 0) is 10.8 Å². The highest BCUT2D eigenvalue weighted by molar-refractivity contribution is 6.11. The Balaban J connectivity index is 1.32. The first-order chi connectivity index (χ1) is 19.9. The minimum atomic E-state index is -0.0921. The Labute approximate surface area is 240 Å². The second-order valence-corrected chi connectivity index (χ2v) is 13.0. The molecule has 1 heterocycles. The molecule has 0 aliphatic heterocycles. The summed E-state index contributed by atoms with van der Waals surface area (Å²) in [6, 6.07) is 43.4. The number of hydrogen-bond acceptors (Lipinski definition) is 0. The molecular formula is C40H31N. The van der Waals surface area contributed by atoms with Crippen LogP contribution in [0.1, 0.15) is 49.9 Å². The summed E-state index contributed by atoms with van der Waals surface area (Å²) in [7, 11) is 0. The molecule has 0 unspecified atom stereocenters. The molecule has 1 aromatic heterocycles.